The zero-order valence-corrected chi connectivity index (χ0v) is 13.3. The van der Waals surface area contributed by atoms with E-state index in [0.717, 1.165) is 17.7 Å². The molecule has 26 heavy (non-hydrogen) atoms. The van der Waals surface area contributed by atoms with Gasteiger partial charge in [0.25, 0.3) is 5.91 Å². The van der Waals surface area contributed by atoms with Crippen LogP contribution in [0.1, 0.15) is 21.5 Å². The molecule has 0 radical (unpaired) electrons. The summed E-state index contributed by atoms with van der Waals surface area (Å²) in [6, 6.07) is 4.31. The van der Waals surface area contributed by atoms with Crippen molar-refractivity contribution < 1.29 is 27.1 Å². The molecule has 2 heterocycles. The Balaban J connectivity index is 1.71. The number of carbonyl (C=O) groups is 1. The smallest absolute Gasteiger partial charge is 0.403 e. The second-order valence-corrected chi connectivity index (χ2v) is 5.45. The summed E-state index contributed by atoms with van der Waals surface area (Å²) in [5.41, 5.74) is 2.16. The summed E-state index contributed by atoms with van der Waals surface area (Å²) in [4.78, 5) is 12.1. The van der Waals surface area contributed by atoms with Crippen LogP contribution < -0.4 is 10.1 Å². The number of hydrogen-bond acceptors (Lipinski definition) is 4. The molecule has 6 nitrogen and oxygen atoms in total. The van der Waals surface area contributed by atoms with E-state index in [1.165, 1.54) is 10.8 Å². The van der Waals surface area contributed by atoms with Crippen molar-refractivity contribution in [1.82, 2.24) is 20.1 Å². The van der Waals surface area contributed by atoms with Crippen molar-refractivity contribution in [1.29, 1.82) is 0 Å². The molecule has 1 aromatic carbocycles. The Bertz CT molecular complexity index is 969. The first-order chi connectivity index (χ1) is 12.2. The van der Waals surface area contributed by atoms with Crippen LogP contribution in [0.3, 0.4) is 0 Å². The first-order valence-electron chi connectivity index (χ1n) is 7.36. The van der Waals surface area contributed by atoms with E-state index in [2.05, 4.69) is 20.3 Å². The topological polar surface area (TPSA) is 68.5 Å². The highest BCUT2D eigenvalue weighted by molar-refractivity contribution is 5.94. The number of fused-ring (bicyclic) bond motifs is 1. The van der Waals surface area contributed by atoms with Gasteiger partial charge in [-0.25, -0.2) is 4.39 Å². The minimum Gasteiger partial charge on any atom is -0.403 e. The number of rotatable bonds is 4. The van der Waals surface area contributed by atoms with Crippen LogP contribution in [-0.4, -0.2) is 27.1 Å². The van der Waals surface area contributed by atoms with Crippen LogP contribution in [0, 0.1) is 12.7 Å². The maximum absolute atomic E-state index is 13.7. The summed E-state index contributed by atoms with van der Waals surface area (Å²) in [7, 11) is 0. The molecule has 3 rings (SSSR count). The number of carbonyl (C=O) groups excluding carboxylic acids is 1. The van der Waals surface area contributed by atoms with Gasteiger partial charge in [-0.3, -0.25) is 4.79 Å². The van der Waals surface area contributed by atoms with Crippen LogP contribution in [0.25, 0.3) is 5.52 Å². The van der Waals surface area contributed by atoms with Crippen molar-refractivity contribution in [3.63, 3.8) is 0 Å². The zero-order chi connectivity index (χ0) is 18.9. The van der Waals surface area contributed by atoms with E-state index >= 15 is 0 Å². The number of aryl methyl sites for hydroxylation is 1. The molecular formula is C16H12F4N4O2. The lowest BCUT2D eigenvalue weighted by Gasteiger charge is -2.10. The van der Waals surface area contributed by atoms with Crippen LogP contribution in [0.15, 0.2) is 36.7 Å². The van der Waals surface area contributed by atoms with Crippen molar-refractivity contribution in [2.24, 2.45) is 0 Å². The Morgan fingerprint density at radius 3 is 2.65 bits per heavy atom. The fourth-order valence-corrected chi connectivity index (χ4v) is 2.29. The Morgan fingerprint density at radius 2 is 1.96 bits per heavy atom. The summed E-state index contributed by atoms with van der Waals surface area (Å²) in [6.07, 6.45) is -1.85. The summed E-state index contributed by atoms with van der Waals surface area (Å²) in [5.74, 6) is -2.94. The predicted molar refractivity (Wildman–Crippen MR) is 82.0 cm³/mol. The maximum atomic E-state index is 13.7. The second-order valence-electron chi connectivity index (χ2n) is 5.45. The first kappa shape index (κ1) is 17.6. The third kappa shape index (κ3) is 3.90. The largest absolute Gasteiger partial charge is 0.573 e. The highest BCUT2D eigenvalue weighted by Gasteiger charge is 2.32. The van der Waals surface area contributed by atoms with Gasteiger partial charge in [-0.05, 0) is 36.8 Å². The Hall–Kier alpha value is -3.17. The number of ether oxygens (including phenoxy) is 1. The number of nitrogens with zero attached hydrogens (tertiary/aromatic N) is 3. The zero-order valence-electron chi connectivity index (χ0n) is 13.3. The molecule has 136 valence electrons. The molecule has 0 unspecified atom stereocenters. The summed E-state index contributed by atoms with van der Waals surface area (Å²) in [5, 5.41) is 10.7. The SMILES string of the molecule is Cc1cnn2ncc(CNC(=O)c3ccc(OC(F)(F)F)c(F)c3)c2c1. The number of halogens is 4. The number of benzene rings is 1. The van der Waals surface area contributed by atoms with Crippen LogP contribution in [0.5, 0.6) is 5.75 Å². The number of amides is 1. The number of aromatic nitrogens is 3. The molecule has 0 atom stereocenters. The molecule has 2 aromatic heterocycles. The third-order valence-corrected chi connectivity index (χ3v) is 3.46. The average molecular weight is 368 g/mol. The normalized spacial score (nSPS) is 11.6. The molecule has 10 heteroatoms. The lowest BCUT2D eigenvalue weighted by molar-refractivity contribution is -0.275. The lowest BCUT2D eigenvalue weighted by atomic mass is 10.2. The molecule has 1 amide bonds. The van der Waals surface area contributed by atoms with Gasteiger partial charge in [-0.2, -0.15) is 14.8 Å². The van der Waals surface area contributed by atoms with E-state index < -0.39 is 23.8 Å². The van der Waals surface area contributed by atoms with Crippen LogP contribution in [-0.2, 0) is 6.54 Å². The van der Waals surface area contributed by atoms with Crippen molar-refractivity contribution in [2.45, 2.75) is 19.8 Å². The second kappa shape index (κ2) is 6.62. The van der Waals surface area contributed by atoms with Crippen molar-refractivity contribution in [3.05, 3.63) is 59.2 Å². The van der Waals surface area contributed by atoms with Crippen LogP contribution >= 0.6 is 0 Å². The van der Waals surface area contributed by atoms with Crippen LogP contribution in [0.4, 0.5) is 17.6 Å². The number of nitrogens with one attached hydrogen (secondary N) is 1. The number of hydrogen-bond donors (Lipinski definition) is 1. The van der Waals surface area contributed by atoms with Gasteiger partial charge < -0.3 is 10.1 Å². The van der Waals surface area contributed by atoms with E-state index in [-0.39, 0.29) is 12.1 Å². The number of alkyl halides is 3. The monoisotopic (exact) mass is 368 g/mol. The summed E-state index contributed by atoms with van der Waals surface area (Å²) in [6.45, 7) is 1.95. The first-order valence-corrected chi connectivity index (χ1v) is 7.36. The Labute approximate surface area is 144 Å². The van der Waals surface area contributed by atoms with Gasteiger partial charge in [0, 0.05) is 17.7 Å². The van der Waals surface area contributed by atoms with Gasteiger partial charge in [0.1, 0.15) is 0 Å². The van der Waals surface area contributed by atoms with E-state index in [0.29, 0.717) is 17.1 Å². The minimum atomic E-state index is -5.01. The fraction of sp³-hybridized carbons (Fsp3) is 0.188. The Kier molecular flexibility index (Phi) is 4.49. The van der Waals surface area contributed by atoms with Gasteiger partial charge in [0.05, 0.1) is 17.9 Å². The molecule has 0 aliphatic carbocycles. The quantitative estimate of drug-likeness (QED) is 0.719. The molecular weight excluding hydrogens is 356 g/mol. The minimum absolute atomic E-state index is 0.0931. The maximum Gasteiger partial charge on any atom is 0.573 e. The van der Waals surface area contributed by atoms with Gasteiger partial charge in [0.15, 0.2) is 11.6 Å². The average Bonchev–Trinajstić information content (AvgIpc) is 2.95. The van der Waals surface area contributed by atoms with Crippen molar-refractivity contribution in [2.75, 3.05) is 0 Å². The lowest BCUT2D eigenvalue weighted by Crippen LogP contribution is -2.23. The molecule has 1 N–H and O–H groups in total. The third-order valence-electron chi connectivity index (χ3n) is 3.46. The van der Waals surface area contributed by atoms with E-state index in [1.807, 2.05) is 13.0 Å². The van der Waals surface area contributed by atoms with Gasteiger partial charge in [-0.15, -0.1) is 13.2 Å². The van der Waals surface area contributed by atoms with Gasteiger partial charge in [0.2, 0.25) is 0 Å². The summed E-state index contributed by atoms with van der Waals surface area (Å²) < 4.78 is 55.0. The molecule has 0 saturated carbocycles. The van der Waals surface area contributed by atoms with Gasteiger partial charge >= 0.3 is 6.36 Å². The summed E-state index contributed by atoms with van der Waals surface area (Å²) >= 11 is 0. The van der Waals surface area contributed by atoms with Crippen molar-refractivity contribution in [3.8, 4) is 5.75 Å². The molecule has 0 aliphatic rings. The van der Waals surface area contributed by atoms with E-state index in [9.17, 15) is 22.4 Å². The molecule has 0 saturated heterocycles. The molecule has 0 bridgehead atoms. The molecule has 3 aromatic rings. The van der Waals surface area contributed by atoms with E-state index in [1.54, 1.807) is 6.20 Å². The molecule has 0 fully saturated rings. The standard InChI is InChI=1S/C16H12F4N4O2/c1-9-4-13-11(8-23-24(13)22-6-9)7-21-15(25)10-2-3-14(12(17)5-10)26-16(18,19)20/h2-6,8H,7H2,1H3,(H,21,25). The highest BCUT2D eigenvalue weighted by Crippen LogP contribution is 2.26. The Morgan fingerprint density at radius 1 is 1.23 bits per heavy atom. The predicted octanol–water partition coefficient (Wildman–Crippen LogP) is 3.01. The van der Waals surface area contributed by atoms with Crippen molar-refractivity contribution >= 4 is 11.4 Å². The highest BCUT2D eigenvalue weighted by atomic mass is 19.4. The molecule has 0 aliphatic heterocycles. The van der Waals surface area contributed by atoms with E-state index in [4.69, 9.17) is 0 Å². The molecule has 0 spiro atoms. The van der Waals surface area contributed by atoms with Crippen LogP contribution in [0.2, 0.25) is 0 Å². The van der Waals surface area contributed by atoms with Gasteiger partial charge in [-0.1, -0.05) is 0 Å². The fourth-order valence-electron chi connectivity index (χ4n) is 2.29.